The molecule has 0 unspecified atom stereocenters. The Balaban J connectivity index is 0.000000187. The molecule has 0 spiro atoms. The van der Waals surface area contributed by atoms with Crippen molar-refractivity contribution < 1.29 is 0 Å². The molecule has 0 aliphatic heterocycles. The average molecular weight is 518 g/mol. The molecule has 9 nitrogen and oxygen atoms in total. The maximum Gasteiger partial charge on any atom is 0.314 e. The van der Waals surface area contributed by atoms with E-state index in [1.54, 1.807) is 24.4 Å². The summed E-state index contributed by atoms with van der Waals surface area (Å²) in [6.07, 6.45) is 6.07. The molecule has 6 rings (SSSR count). The normalized spacial score (nSPS) is 11.9. The van der Waals surface area contributed by atoms with E-state index in [1.165, 1.54) is 23.1 Å². The van der Waals surface area contributed by atoms with Gasteiger partial charge in [-0.05, 0) is 86.1 Å². The Labute approximate surface area is 219 Å². The number of benzene rings is 2. The Morgan fingerprint density at radius 2 is 1.18 bits per heavy atom. The fourth-order valence-corrected chi connectivity index (χ4v) is 4.72. The Morgan fingerprint density at radius 3 is 1.84 bits per heavy atom. The number of nitrogens with one attached hydrogen (secondary N) is 4. The van der Waals surface area contributed by atoms with E-state index in [0.29, 0.717) is 11.0 Å². The third kappa shape index (κ3) is 5.37. The number of aromatic amines is 4. The Morgan fingerprint density at radius 1 is 0.632 bits per heavy atom. The van der Waals surface area contributed by atoms with Gasteiger partial charge in [0.25, 0.3) is 0 Å². The fraction of sp³-hybridized carbons (Fsp3) is 0.345. The van der Waals surface area contributed by atoms with Gasteiger partial charge in [-0.25, -0.2) is 0 Å². The molecule has 1 aliphatic rings. The second-order valence-electron chi connectivity index (χ2n) is 8.54. The first kappa shape index (κ1) is 28.3. The number of pyridine rings is 1. The highest BCUT2D eigenvalue weighted by Gasteiger charge is 2.19. The van der Waals surface area contributed by atoms with Crippen molar-refractivity contribution in [1.82, 2.24) is 24.9 Å². The van der Waals surface area contributed by atoms with Crippen molar-refractivity contribution in [3.63, 3.8) is 0 Å². The number of rotatable bonds is 0. The van der Waals surface area contributed by atoms with E-state index in [0.717, 1.165) is 46.8 Å². The molecule has 5 aromatic rings. The first-order chi connectivity index (χ1) is 18.3. The number of aromatic nitrogens is 5. The molecule has 0 radical (unpaired) electrons. The van der Waals surface area contributed by atoms with Crippen LogP contribution in [0.5, 0.6) is 0 Å². The van der Waals surface area contributed by atoms with Gasteiger partial charge in [-0.3, -0.25) is 24.2 Å². The summed E-state index contributed by atoms with van der Waals surface area (Å²) < 4.78 is 0. The highest BCUT2D eigenvalue weighted by molar-refractivity contribution is 6.01. The van der Waals surface area contributed by atoms with Crippen LogP contribution in [0.3, 0.4) is 0 Å². The standard InChI is InChI=1S/C14H16N2O2.C11H7N3O2.2C2H6/c1-7-8(2)11-12(16-14(18)13(17)15-11)10-6-4-3-5-9(7)10;15-10-11(16)14-9-6-2-1-5-12-7(6)3-4-8(9)13-10;2*1-2/h3-6H2,1-2H3,(H,15,17)(H,16,18);1-5H,(H,13,15)(H,14,16);2*1-2H3. The van der Waals surface area contributed by atoms with Crippen LogP contribution in [-0.4, -0.2) is 24.9 Å². The molecule has 0 saturated heterocycles. The average Bonchev–Trinajstić information content (AvgIpc) is 2.96. The summed E-state index contributed by atoms with van der Waals surface area (Å²) in [5.74, 6) is 0. The van der Waals surface area contributed by atoms with Crippen LogP contribution < -0.4 is 22.2 Å². The van der Waals surface area contributed by atoms with E-state index in [1.807, 2.05) is 40.7 Å². The lowest BCUT2D eigenvalue weighted by molar-refractivity contribution is 0.684. The molecule has 3 heterocycles. The van der Waals surface area contributed by atoms with Gasteiger partial charge in [0.15, 0.2) is 0 Å². The van der Waals surface area contributed by atoms with Gasteiger partial charge in [-0.2, -0.15) is 0 Å². The largest absolute Gasteiger partial charge is 0.316 e. The lowest BCUT2D eigenvalue weighted by atomic mass is 9.85. The van der Waals surface area contributed by atoms with Crippen LogP contribution in [0, 0.1) is 13.8 Å². The van der Waals surface area contributed by atoms with Crippen molar-refractivity contribution in [1.29, 1.82) is 0 Å². The lowest BCUT2D eigenvalue weighted by Crippen LogP contribution is -2.30. The van der Waals surface area contributed by atoms with Crippen LogP contribution in [0.2, 0.25) is 0 Å². The third-order valence-electron chi connectivity index (χ3n) is 6.57. The van der Waals surface area contributed by atoms with Crippen molar-refractivity contribution in [3.8, 4) is 0 Å². The van der Waals surface area contributed by atoms with E-state index in [2.05, 4.69) is 31.8 Å². The van der Waals surface area contributed by atoms with Gasteiger partial charge in [0.2, 0.25) is 0 Å². The van der Waals surface area contributed by atoms with Crippen molar-refractivity contribution in [2.45, 2.75) is 67.2 Å². The second-order valence-corrected chi connectivity index (χ2v) is 8.54. The quantitative estimate of drug-likeness (QED) is 0.176. The molecule has 0 amide bonds. The number of aryl methyl sites for hydroxylation is 2. The van der Waals surface area contributed by atoms with Gasteiger partial charge in [0, 0.05) is 11.6 Å². The molecular formula is C29H35N5O4. The number of nitrogens with zero attached hydrogens (tertiary/aromatic N) is 1. The summed E-state index contributed by atoms with van der Waals surface area (Å²) in [4.78, 5) is 60.1. The molecule has 200 valence electrons. The summed E-state index contributed by atoms with van der Waals surface area (Å²) in [6.45, 7) is 12.1. The molecule has 9 heteroatoms. The van der Waals surface area contributed by atoms with E-state index in [-0.39, 0.29) is 0 Å². The molecule has 0 fully saturated rings. The predicted octanol–water partition coefficient (Wildman–Crippen LogP) is 4.53. The molecular weight excluding hydrogens is 482 g/mol. The topological polar surface area (TPSA) is 144 Å². The minimum Gasteiger partial charge on any atom is -0.316 e. The number of fused-ring (bicyclic) bond motifs is 6. The molecule has 0 atom stereocenters. The van der Waals surface area contributed by atoms with E-state index < -0.39 is 22.2 Å². The first-order valence-electron chi connectivity index (χ1n) is 13.1. The second kappa shape index (κ2) is 12.3. The maximum atomic E-state index is 11.5. The molecule has 4 N–H and O–H groups in total. The SMILES string of the molecule is CC.CC.Cc1c2c(c3[nH]c(=O)c(=O)[nH]c3c1C)CCCC2.O=c1[nH]c2ccc3ncccc3c2[nH]c1=O. The summed E-state index contributed by atoms with van der Waals surface area (Å²) in [5, 5.41) is 0.813. The first-order valence-corrected chi connectivity index (χ1v) is 13.1. The minimum atomic E-state index is -0.649. The predicted molar refractivity (Wildman–Crippen MR) is 154 cm³/mol. The van der Waals surface area contributed by atoms with Crippen molar-refractivity contribution >= 4 is 33.0 Å². The highest BCUT2D eigenvalue weighted by Crippen LogP contribution is 2.31. The molecule has 2 aromatic carbocycles. The Kier molecular flexibility index (Phi) is 9.17. The van der Waals surface area contributed by atoms with E-state index in [4.69, 9.17) is 0 Å². The van der Waals surface area contributed by atoms with Crippen LogP contribution in [0.4, 0.5) is 0 Å². The van der Waals surface area contributed by atoms with Gasteiger partial charge in [-0.15, -0.1) is 0 Å². The van der Waals surface area contributed by atoms with E-state index >= 15 is 0 Å². The van der Waals surface area contributed by atoms with Crippen LogP contribution >= 0.6 is 0 Å². The third-order valence-corrected chi connectivity index (χ3v) is 6.57. The Hall–Kier alpha value is -4.27. The highest BCUT2D eigenvalue weighted by atomic mass is 16.2. The van der Waals surface area contributed by atoms with Gasteiger partial charge in [0.05, 0.1) is 27.6 Å². The van der Waals surface area contributed by atoms with Crippen molar-refractivity contribution in [3.05, 3.63) is 94.1 Å². The summed E-state index contributed by atoms with van der Waals surface area (Å²) in [6, 6.07) is 7.15. The smallest absolute Gasteiger partial charge is 0.314 e. The molecule has 0 bridgehead atoms. The van der Waals surface area contributed by atoms with Crippen LogP contribution in [0.25, 0.3) is 33.0 Å². The summed E-state index contributed by atoms with van der Waals surface area (Å²) in [7, 11) is 0. The van der Waals surface area contributed by atoms with Crippen LogP contribution in [0.1, 0.15) is 62.8 Å². The number of H-pyrrole nitrogens is 4. The van der Waals surface area contributed by atoms with E-state index in [9.17, 15) is 19.2 Å². The zero-order valence-electron chi connectivity index (χ0n) is 22.8. The maximum absolute atomic E-state index is 11.5. The van der Waals surface area contributed by atoms with Crippen LogP contribution in [-0.2, 0) is 12.8 Å². The number of hydrogen-bond acceptors (Lipinski definition) is 5. The molecule has 1 aliphatic carbocycles. The van der Waals surface area contributed by atoms with Crippen LogP contribution in [0.15, 0.2) is 49.6 Å². The van der Waals surface area contributed by atoms with Gasteiger partial charge >= 0.3 is 22.2 Å². The fourth-order valence-electron chi connectivity index (χ4n) is 4.72. The van der Waals surface area contributed by atoms with Crippen molar-refractivity contribution in [2.75, 3.05) is 0 Å². The monoisotopic (exact) mass is 517 g/mol. The summed E-state index contributed by atoms with van der Waals surface area (Å²) >= 11 is 0. The van der Waals surface area contributed by atoms with Gasteiger partial charge in [-0.1, -0.05) is 27.7 Å². The molecule has 3 aromatic heterocycles. The minimum absolute atomic E-state index is 0.557. The molecule has 0 saturated carbocycles. The zero-order chi connectivity index (χ0) is 28.0. The van der Waals surface area contributed by atoms with Gasteiger partial charge < -0.3 is 19.9 Å². The lowest BCUT2D eigenvalue weighted by Gasteiger charge is -2.22. The zero-order valence-corrected chi connectivity index (χ0v) is 22.8. The van der Waals surface area contributed by atoms with Gasteiger partial charge in [0.1, 0.15) is 0 Å². The van der Waals surface area contributed by atoms with Crippen molar-refractivity contribution in [2.24, 2.45) is 0 Å². The molecule has 38 heavy (non-hydrogen) atoms. The summed E-state index contributed by atoms with van der Waals surface area (Å²) in [5.41, 5.74) is 6.08. The Bertz CT molecular complexity index is 1830. The number of hydrogen-bond donors (Lipinski definition) is 4.